The van der Waals surface area contributed by atoms with Crippen molar-refractivity contribution in [3.05, 3.63) is 47.5 Å². The van der Waals surface area contributed by atoms with Crippen molar-refractivity contribution in [2.24, 2.45) is 0 Å². The summed E-state index contributed by atoms with van der Waals surface area (Å²) in [5.74, 6) is 1.32. The molecule has 0 bridgehead atoms. The summed E-state index contributed by atoms with van der Waals surface area (Å²) in [5, 5.41) is 8.57. The summed E-state index contributed by atoms with van der Waals surface area (Å²) in [6.45, 7) is 0.570. The zero-order valence-corrected chi connectivity index (χ0v) is 12.0. The van der Waals surface area contributed by atoms with Crippen LogP contribution in [0.1, 0.15) is 22.7 Å². The van der Waals surface area contributed by atoms with E-state index in [1.165, 1.54) is 0 Å². The number of H-pyrrole nitrogens is 1. The Morgan fingerprint density at radius 3 is 3.19 bits per heavy atom. The van der Waals surface area contributed by atoms with E-state index >= 15 is 0 Å². The number of imidazole rings is 1. The maximum Gasteiger partial charge on any atom is 0.273 e. The van der Waals surface area contributed by atoms with E-state index in [0.29, 0.717) is 18.0 Å². The Morgan fingerprint density at radius 2 is 2.43 bits per heavy atom. The molecule has 6 nitrogen and oxygen atoms in total. The molecule has 0 aromatic carbocycles. The van der Waals surface area contributed by atoms with Crippen LogP contribution in [-0.2, 0) is 6.42 Å². The summed E-state index contributed by atoms with van der Waals surface area (Å²) in [6, 6.07) is 5.51. The van der Waals surface area contributed by atoms with Gasteiger partial charge in [0.2, 0.25) is 0 Å². The lowest BCUT2D eigenvalue weighted by Crippen LogP contribution is -2.25. The molecule has 0 aliphatic rings. The molecule has 0 fully saturated rings. The number of amides is 1. The normalized spacial score (nSPS) is 10.7. The number of aryl methyl sites for hydroxylation is 1. The molecule has 0 radical (unpaired) electrons. The Bertz CT molecular complexity index is 688. The third kappa shape index (κ3) is 3.38. The van der Waals surface area contributed by atoms with Crippen LogP contribution in [0.2, 0.25) is 0 Å². The van der Waals surface area contributed by atoms with E-state index in [4.69, 9.17) is 4.52 Å². The number of aromatic nitrogens is 3. The van der Waals surface area contributed by atoms with Crippen LogP contribution in [0, 0.1) is 0 Å². The highest BCUT2D eigenvalue weighted by Crippen LogP contribution is 2.24. The molecule has 7 heteroatoms. The zero-order chi connectivity index (χ0) is 14.5. The molecule has 0 saturated heterocycles. The number of hydrogen-bond acceptors (Lipinski definition) is 5. The molecule has 1 amide bonds. The highest BCUT2D eigenvalue weighted by molar-refractivity contribution is 7.13. The molecule has 0 saturated carbocycles. The Labute approximate surface area is 125 Å². The molecule has 0 spiro atoms. The molecule has 2 N–H and O–H groups in total. The second-order valence-electron chi connectivity index (χ2n) is 4.45. The first-order valence-electron chi connectivity index (χ1n) is 6.60. The second kappa shape index (κ2) is 6.36. The first-order valence-corrected chi connectivity index (χ1v) is 7.48. The van der Waals surface area contributed by atoms with Crippen LogP contribution in [0.3, 0.4) is 0 Å². The molecule has 3 heterocycles. The molecule has 0 atom stereocenters. The van der Waals surface area contributed by atoms with Gasteiger partial charge in [-0.1, -0.05) is 11.2 Å². The van der Waals surface area contributed by atoms with Crippen molar-refractivity contribution in [3.63, 3.8) is 0 Å². The fourth-order valence-corrected chi connectivity index (χ4v) is 2.57. The lowest BCUT2D eigenvalue weighted by molar-refractivity contribution is 0.0944. The van der Waals surface area contributed by atoms with Crippen LogP contribution in [0.4, 0.5) is 0 Å². The number of carbonyl (C=O) groups is 1. The lowest BCUT2D eigenvalue weighted by atomic mass is 10.3. The summed E-state index contributed by atoms with van der Waals surface area (Å²) >= 11 is 1.55. The van der Waals surface area contributed by atoms with Gasteiger partial charge in [0.05, 0.1) is 4.88 Å². The Kier molecular flexibility index (Phi) is 4.11. The van der Waals surface area contributed by atoms with Crippen LogP contribution in [0.15, 0.2) is 40.5 Å². The topological polar surface area (TPSA) is 83.8 Å². The fourth-order valence-electron chi connectivity index (χ4n) is 1.90. The van der Waals surface area contributed by atoms with E-state index in [-0.39, 0.29) is 5.91 Å². The summed E-state index contributed by atoms with van der Waals surface area (Å²) in [4.78, 5) is 20.0. The second-order valence-corrected chi connectivity index (χ2v) is 5.40. The van der Waals surface area contributed by atoms with Crippen molar-refractivity contribution in [2.75, 3.05) is 6.54 Å². The van der Waals surface area contributed by atoms with E-state index in [1.54, 1.807) is 29.8 Å². The van der Waals surface area contributed by atoms with Crippen molar-refractivity contribution >= 4 is 17.2 Å². The number of hydrogen-bond donors (Lipinski definition) is 2. The van der Waals surface area contributed by atoms with E-state index < -0.39 is 0 Å². The predicted molar refractivity (Wildman–Crippen MR) is 79.1 cm³/mol. The molecule has 3 aromatic heterocycles. The van der Waals surface area contributed by atoms with Crippen LogP contribution in [0.5, 0.6) is 0 Å². The zero-order valence-electron chi connectivity index (χ0n) is 11.2. The number of thiophene rings is 1. The standard InChI is InChI=1S/C14H14N4O2S/c19-14(17-5-1-4-13-15-6-7-16-13)10-9-11(20-18-10)12-3-2-8-21-12/h2-3,6-9H,1,4-5H2,(H,15,16)(H,17,19). The third-order valence-corrected chi connectivity index (χ3v) is 3.82. The van der Waals surface area contributed by atoms with Gasteiger partial charge in [-0.3, -0.25) is 4.79 Å². The SMILES string of the molecule is O=C(NCCCc1ncc[nH]1)c1cc(-c2cccs2)on1. The summed E-state index contributed by atoms with van der Waals surface area (Å²) in [7, 11) is 0. The molecular weight excluding hydrogens is 288 g/mol. The van der Waals surface area contributed by atoms with Gasteiger partial charge in [0, 0.05) is 31.4 Å². The minimum Gasteiger partial charge on any atom is -0.355 e. The van der Waals surface area contributed by atoms with Crippen LogP contribution < -0.4 is 5.32 Å². The number of nitrogens with one attached hydrogen (secondary N) is 2. The van der Waals surface area contributed by atoms with Gasteiger partial charge in [0.25, 0.3) is 5.91 Å². The van der Waals surface area contributed by atoms with Gasteiger partial charge < -0.3 is 14.8 Å². The largest absolute Gasteiger partial charge is 0.355 e. The lowest BCUT2D eigenvalue weighted by Gasteiger charge is -2.01. The molecule has 108 valence electrons. The highest BCUT2D eigenvalue weighted by atomic mass is 32.1. The minimum atomic E-state index is -0.221. The van der Waals surface area contributed by atoms with Gasteiger partial charge in [-0.15, -0.1) is 11.3 Å². The monoisotopic (exact) mass is 302 g/mol. The van der Waals surface area contributed by atoms with E-state index in [9.17, 15) is 4.79 Å². The van der Waals surface area contributed by atoms with Gasteiger partial charge in [0.1, 0.15) is 5.82 Å². The predicted octanol–water partition coefficient (Wildman–Crippen LogP) is 2.49. The molecule has 3 aromatic rings. The van der Waals surface area contributed by atoms with Crippen molar-refractivity contribution < 1.29 is 9.32 Å². The Hall–Kier alpha value is -2.41. The van der Waals surface area contributed by atoms with Gasteiger partial charge >= 0.3 is 0 Å². The van der Waals surface area contributed by atoms with Crippen LogP contribution >= 0.6 is 11.3 Å². The molecule has 21 heavy (non-hydrogen) atoms. The summed E-state index contributed by atoms with van der Waals surface area (Å²) < 4.78 is 5.18. The van der Waals surface area contributed by atoms with Crippen molar-refractivity contribution in [1.29, 1.82) is 0 Å². The molecule has 0 unspecified atom stereocenters. The van der Waals surface area contributed by atoms with E-state index in [1.807, 2.05) is 17.5 Å². The molecule has 0 aliphatic heterocycles. The van der Waals surface area contributed by atoms with Gasteiger partial charge in [-0.25, -0.2) is 4.98 Å². The summed E-state index contributed by atoms with van der Waals surface area (Å²) in [5.41, 5.74) is 0.302. The van der Waals surface area contributed by atoms with Gasteiger partial charge in [-0.05, 0) is 17.9 Å². The average Bonchev–Trinajstić information content (AvgIpc) is 3.25. The Balaban J connectivity index is 1.49. The Morgan fingerprint density at radius 1 is 1.48 bits per heavy atom. The maximum atomic E-state index is 11.9. The van der Waals surface area contributed by atoms with Crippen molar-refractivity contribution in [1.82, 2.24) is 20.4 Å². The van der Waals surface area contributed by atoms with Crippen LogP contribution in [-0.4, -0.2) is 27.6 Å². The van der Waals surface area contributed by atoms with E-state index in [0.717, 1.165) is 23.5 Å². The number of nitrogens with zero attached hydrogens (tertiary/aromatic N) is 2. The van der Waals surface area contributed by atoms with Crippen molar-refractivity contribution in [3.8, 4) is 10.6 Å². The average molecular weight is 302 g/mol. The van der Waals surface area contributed by atoms with Gasteiger partial charge in [-0.2, -0.15) is 0 Å². The maximum absolute atomic E-state index is 11.9. The number of rotatable bonds is 6. The van der Waals surface area contributed by atoms with Crippen LogP contribution in [0.25, 0.3) is 10.6 Å². The molecular formula is C14H14N4O2S. The molecule has 0 aliphatic carbocycles. The molecule has 3 rings (SSSR count). The fraction of sp³-hybridized carbons (Fsp3) is 0.214. The number of aromatic amines is 1. The summed E-state index contributed by atoms with van der Waals surface area (Å²) in [6.07, 6.45) is 5.12. The smallest absolute Gasteiger partial charge is 0.273 e. The highest BCUT2D eigenvalue weighted by Gasteiger charge is 2.13. The number of carbonyl (C=O) groups excluding carboxylic acids is 1. The van der Waals surface area contributed by atoms with E-state index in [2.05, 4.69) is 20.4 Å². The first-order chi connectivity index (χ1) is 10.3. The quantitative estimate of drug-likeness (QED) is 0.685. The first kappa shape index (κ1) is 13.6. The van der Waals surface area contributed by atoms with Gasteiger partial charge in [0.15, 0.2) is 11.5 Å². The minimum absolute atomic E-state index is 0.221. The third-order valence-electron chi connectivity index (χ3n) is 2.94. The van der Waals surface area contributed by atoms with Crippen molar-refractivity contribution in [2.45, 2.75) is 12.8 Å².